The predicted octanol–water partition coefficient (Wildman–Crippen LogP) is 3.96. The number of fused-ring (bicyclic) bond motifs is 1. The Morgan fingerprint density at radius 3 is 3.00 bits per heavy atom. The van der Waals surface area contributed by atoms with Gasteiger partial charge in [-0.15, -0.1) is 11.6 Å². The number of para-hydroxylation sites is 1. The molecular formula is C16H21ClFN3. The van der Waals surface area contributed by atoms with Crippen molar-refractivity contribution in [3.05, 3.63) is 29.8 Å². The number of benzene rings is 1. The van der Waals surface area contributed by atoms with Gasteiger partial charge in [-0.25, -0.2) is 9.37 Å². The Kier molecular flexibility index (Phi) is 4.18. The summed E-state index contributed by atoms with van der Waals surface area (Å²) in [6.45, 7) is 7.12. The van der Waals surface area contributed by atoms with Gasteiger partial charge in [-0.05, 0) is 45.0 Å². The lowest BCUT2D eigenvalue weighted by Crippen LogP contribution is -2.33. The Morgan fingerprint density at radius 2 is 2.29 bits per heavy atom. The van der Waals surface area contributed by atoms with Crippen molar-refractivity contribution in [3.63, 3.8) is 0 Å². The smallest absolute Gasteiger partial charge is 0.151 e. The van der Waals surface area contributed by atoms with Gasteiger partial charge in [0.15, 0.2) is 5.82 Å². The Hall–Kier alpha value is -1.13. The van der Waals surface area contributed by atoms with E-state index in [1.165, 1.54) is 18.9 Å². The number of imidazole rings is 1. The minimum absolute atomic E-state index is 0.228. The number of likely N-dealkylation sites (N-methyl/N-ethyl adjacent to an activating group) is 1. The van der Waals surface area contributed by atoms with Crippen LogP contribution in [0.1, 0.15) is 37.9 Å². The van der Waals surface area contributed by atoms with Crippen molar-refractivity contribution < 1.29 is 4.39 Å². The number of hydrogen-bond donors (Lipinski definition) is 0. The molecule has 21 heavy (non-hydrogen) atoms. The highest BCUT2D eigenvalue weighted by molar-refractivity contribution is 6.20. The molecule has 114 valence electrons. The molecule has 3 nitrogen and oxygen atoms in total. The lowest BCUT2D eigenvalue weighted by atomic mass is 10.2. The summed E-state index contributed by atoms with van der Waals surface area (Å²) in [6.07, 6.45) is 2.41. The minimum atomic E-state index is -0.274. The molecule has 2 unspecified atom stereocenters. The number of likely N-dealkylation sites (tertiary alicyclic amines) is 1. The Balaban J connectivity index is 2.03. The molecule has 1 aliphatic heterocycles. The van der Waals surface area contributed by atoms with Crippen LogP contribution in [0.25, 0.3) is 11.0 Å². The molecule has 2 heterocycles. The molecule has 0 aliphatic carbocycles. The predicted molar refractivity (Wildman–Crippen MR) is 84.2 cm³/mol. The first-order valence-corrected chi connectivity index (χ1v) is 8.08. The molecule has 0 bridgehead atoms. The summed E-state index contributed by atoms with van der Waals surface area (Å²) < 4.78 is 16.1. The van der Waals surface area contributed by atoms with Crippen LogP contribution in [0.3, 0.4) is 0 Å². The van der Waals surface area contributed by atoms with Gasteiger partial charge in [0.1, 0.15) is 11.3 Å². The molecule has 0 amide bonds. The van der Waals surface area contributed by atoms with Gasteiger partial charge in [-0.2, -0.15) is 0 Å². The zero-order chi connectivity index (χ0) is 15.0. The summed E-state index contributed by atoms with van der Waals surface area (Å²) in [4.78, 5) is 6.92. The van der Waals surface area contributed by atoms with E-state index in [0.29, 0.717) is 11.6 Å². The summed E-state index contributed by atoms with van der Waals surface area (Å²) in [7, 11) is 0. The quantitative estimate of drug-likeness (QED) is 0.797. The molecular weight excluding hydrogens is 289 g/mol. The summed E-state index contributed by atoms with van der Waals surface area (Å²) >= 11 is 6.27. The van der Waals surface area contributed by atoms with E-state index < -0.39 is 0 Å². The third kappa shape index (κ3) is 2.67. The van der Waals surface area contributed by atoms with Gasteiger partial charge in [-0.1, -0.05) is 13.0 Å². The SMILES string of the molecule is CCN1CCCC1Cn1c(C(C)Cl)nc2c(F)cccc21. The van der Waals surface area contributed by atoms with E-state index in [1.54, 1.807) is 6.07 Å². The number of halogens is 2. The lowest BCUT2D eigenvalue weighted by Gasteiger charge is -2.24. The van der Waals surface area contributed by atoms with Crippen LogP contribution >= 0.6 is 11.6 Å². The van der Waals surface area contributed by atoms with E-state index in [9.17, 15) is 4.39 Å². The summed E-state index contributed by atoms with van der Waals surface area (Å²) in [5.41, 5.74) is 1.28. The summed E-state index contributed by atoms with van der Waals surface area (Å²) in [6, 6.07) is 5.62. The van der Waals surface area contributed by atoms with Crippen molar-refractivity contribution in [2.24, 2.45) is 0 Å². The standard InChI is InChI=1S/C16H21ClFN3/c1-3-20-9-5-6-12(20)10-21-14-8-4-7-13(18)15(14)19-16(21)11(2)17/h4,7-8,11-12H,3,5-6,9-10H2,1-2H3. The van der Waals surface area contributed by atoms with E-state index >= 15 is 0 Å². The molecule has 0 spiro atoms. The second-order valence-corrected chi connectivity index (χ2v) is 6.38. The third-order valence-electron chi connectivity index (χ3n) is 4.41. The van der Waals surface area contributed by atoms with Crippen LogP contribution in [-0.2, 0) is 6.54 Å². The highest BCUT2D eigenvalue weighted by Gasteiger charge is 2.26. The molecule has 0 saturated carbocycles. The van der Waals surface area contributed by atoms with Crippen molar-refractivity contribution >= 4 is 22.6 Å². The second-order valence-electron chi connectivity index (χ2n) is 5.73. The zero-order valence-corrected chi connectivity index (χ0v) is 13.3. The number of alkyl halides is 1. The van der Waals surface area contributed by atoms with Crippen molar-refractivity contribution in [2.45, 2.75) is 44.7 Å². The maximum atomic E-state index is 14.0. The van der Waals surface area contributed by atoms with Gasteiger partial charge in [0.25, 0.3) is 0 Å². The Bertz CT molecular complexity index is 638. The number of nitrogens with zero attached hydrogens (tertiary/aromatic N) is 3. The van der Waals surface area contributed by atoms with Crippen molar-refractivity contribution in [3.8, 4) is 0 Å². The molecule has 3 rings (SSSR count). The monoisotopic (exact) mass is 309 g/mol. The van der Waals surface area contributed by atoms with Gasteiger partial charge in [-0.3, -0.25) is 4.90 Å². The van der Waals surface area contributed by atoms with Gasteiger partial charge in [0.2, 0.25) is 0 Å². The van der Waals surface area contributed by atoms with E-state index in [2.05, 4.69) is 21.4 Å². The fourth-order valence-corrected chi connectivity index (χ4v) is 3.52. The van der Waals surface area contributed by atoms with Gasteiger partial charge >= 0.3 is 0 Å². The van der Waals surface area contributed by atoms with Crippen molar-refractivity contribution in [2.75, 3.05) is 13.1 Å². The first-order chi connectivity index (χ1) is 10.1. The van der Waals surface area contributed by atoms with Crippen LogP contribution < -0.4 is 0 Å². The fraction of sp³-hybridized carbons (Fsp3) is 0.562. The number of hydrogen-bond acceptors (Lipinski definition) is 2. The van der Waals surface area contributed by atoms with Crippen molar-refractivity contribution in [1.82, 2.24) is 14.5 Å². The number of rotatable bonds is 4. The van der Waals surface area contributed by atoms with Gasteiger partial charge in [0.05, 0.1) is 10.9 Å². The van der Waals surface area contributed by atoms with E-state index in [-0.39, 0.29) is 11.2 Å². The maximum Gasteiger partial charge on any atom is 0.151 e. The molecule has 1 aliphatic rings. The fourth-order valence-electron chi connectivity index (χ4n) is 3.36. The first kappa shape index (κ1) is 14.8. The van der Waals surface area contributed by atoms with Crippen LogP contribution in [0.2, 0.25) is 0 Å². The van der Waals surface area contributed by atoms with Crippen LogP contribution in [0, 0.1) is 5.82 Å². The highest BCUT2D eigenvalue weighted by atomic mass is 35.5. The molecule has 0 radical (unpaired) electrons. The summed E-state index contributed by atoms with van der Waals surface area (Å²) in [5, 5.41) is -0.228. The van der Waals surface area contributed by atoms with Crippen LogP contribution in [0.15, 0.2) is 18.2 Å². The highest BCUT2D eigenvalue weighted by Crippen LogP contribution is 2.28. The third-order valence-corrected chi connectivity index (χ3v) is 4.61. The Morgan fingerprint density at radius 1 is 1.48 bits per heavy atom. The van der Waals surface area contributed by atoms with Gasteiger partial charge < -0.3 is 4.57 Å². The maximum absolute atomic E-state index is 14.0. The van der Waals surface area contributed by atoms with Crippen LogP contribution in [-0.4, -0.2) is 33.6 Å². The molecule has 1 saturated heterocycles. The van der Waals surface area contributed by atoms with E-state index in [1.807, 2.05) is 13.0 Å². The first-order valence-electron chi connectivity index (χ1n) is 7.64. The normalized spacial score (nSPS) is 21.2. The topological polar surface area (TPSA) is 21.1 Å². The van der Waals surface area contributed by atoms with Crippen LogP contribution in [0.4, 0.5) is 4.39 Å². The van der Waals surface area contributed by atoms with E-state index in [0.717, 1.165) is 31.0 Å². The summed E-state index contributed by atoms with van der Waals surface area (Å²) in [5.74, 6) is 0.489. The second kappa shape index (κ2) is 5.93. The molecule has 2 atom stereocenters. The molecule has 0 N–H and O–H groups in total. The zero-order valence-electron chi connectivity index (χ0n) is 12.5. The molecule has 1 aromatic heterocycles. The van der Waals surface area contributed by atoms with Gasteiger partial charge in [0, 0.05) is 12.6 Å². The number of aromatic nitrogens is 2. The van der Waals surface area contributed by atoms with Crippen LogP contribution in [0.5, 0.6) is 0 Å². The largest absolute Gasteiger partial charge is 0.325 e. The molecule has 1 aromatic carbocycles. The molecule has 1 fully saturated rings. The van der Waals surface area contributed by atoms with E-state index in [4.69, 9.17) is 11.6 Å². The average molecular weight is 310 g/mol. The van der Waals surface area contributed by atoms with Crippen molar-refractivity contribution in [1.29, 1.82) is 0 Å². The average Bonchev–Trinajstić information content (AvgIpc) is 3.05. The molecule has 5 heteroatoms. The molecule has 2 aromatic rings. The minimum Gasteiger partial charge on any atom is -0.325 e. The Labute approximate surface area is 129 Å². The lowest BCUT2D eigenvalue weighted by molar-refractivity contribution is 0.244.